The fourth-order valence-electron chi connectivity index (χ4n) is 2.13. The van der Waals surface area contributed by atoms with Gasteiger partial charge >= 0.3 is 0 Å². The van der Waals surface area contributed by atoms with Gasteiger partial charge in [0.1, 0.15) is 0 Å². The molecule has 3 aromatic rings. The van der Waals surface area contributed by atoms with E-state index in [1.807, 2.05) is 47.3 Å². The maximum atomic E-state index is 12.1. The zero-order valence-electron chi connectivity index (χ0n) is 12.2. The summed E-state index contributed by atoms with van der Waals surface area (Å²) in [4.78, 5) is 16.3. The zero-order chi connectivity index (χ0) is 16.1. The highest BCUT2D eigenvalue weighted by Crippen LogP contribution is 2.24. The Morgan fingerprint density at radius 3 is 2.70 bits per heavy atom. The number of anilines is 1. The Labute approximate surface area is 139 Å². The van der Waals surface area contributed by atoms with Gasteiger partial charge < -0.3 is 9.88 Å². The van der Waals surface area contributed by atoms with Crippen LogP contribution < -0.4 is 5.32 Å². The molecule has 1 aromatic carbocycles. The lowest BCUT2D eigenvalue weighted by Gasteiger charge is -2.11. The first-order valence-electron chi connectivity index (χ1n) is 7.05. The highest BCUT2D eigenvalue weighted by atomic mass is 35.5. The predicted molar refractivity (Wildman–Crippen MR) is 92.7 cm³/mol. The van der Waals surface area contributed by atoms with E-state index in [-0.39, 0.29) is 5.91 Å². The number of hydrogen-bond donors (Lipinski definition) is 1. The molecule has 0 atom stereocenters. The molecule has 1 amide bonds. The second-order valence-corrected chi connectivity index (χ2v) is 5.27. The summed E-state index contributed by atoms with van der Waals surface area (Å²) < 4.78 is 1.89. The van der Waals surface area contributed by atoms with Crippen LogP contribution in [-0.2, 0) is 4.79 Å². The number of nitrogens with one attached hydrogen (secondary N) is 1. The van der Waals surface area contributed by atoms with Crippen LogP contribution >= 0.6 is 11.6 Å². The van der Waals surface area contributed by atoms with Gasteiger partial charge in [-0.2, -0.15) is 0 Å². The molecule has 3 rings (SSSR count). The summed E-state index contributed by atoms with van der Waals surface area (Å²) >= 11 is 6.06. The third kappa shape index (κ3) is 3.87. The Morgan fingerprint density at radius 1 is 1.13 bits per heavy atom. The maximum absolute atomic E-state index is 12.1. The van der Waals surface area contributed by atoms with E-state index in [2.05, 4.69) is 10.3 Å². The third-order valence-electron chi connectivity index (χ3n) is 3.19. The van der Waals surface area contributed by atoms with Crippen molar-refractivity contribution in [2.75, 3.05) is 5.32 Å². The molecule has 2 aromatic heterocycles. The smallest absolute Gasteiger partial charge is 0.248 e. The quantitative estimate of drug-likeness (QED) is 0.732. The van der Waals surface area contributed by atoms with Crippen molar-refractivity contribution < 1.29 is 4.79 Å². The van der Waals surface area contributed by atoms with E-state index >= 15 is 0 Å². The highest BCUT2D eigenvalue weighted by Gasteiger charge is 2.07. The minimum Gasteiger partial charge on any atom is -0.322 e. The molecule has 5 heteroatoms. The summed E-state index contributed by atoms with van der Waals surface area (Å²) in [5, 5.41) is 3.47. The summed E-state index contributed by atoms with van der Waals surface area (Å²) in [6, 6.07) is 14.7. The van der Waals surface area contributed by atoms with Gasteiger partial charge in [-0.15, -0.1) is 0 Å². The molecular formula is C18H14ClN3O. The minimum absolute atomic E-state index is 0.230. The summed E-state index contributed by atoms with van der Waals surface area (Å²) in [5.41, 5.74) is 2.22. The Hall–Kier alpha value is -2.85. The fourth-order valence-corrected chi connectivity index (χ4v) is 2.30. The number of amides is 1. The van der Waals surface area contributed by atoms with Gasteiger partial charge in [0.25, 0.3) is 0 Å². The van der Waals surface area contributed by atoms with Crippen molar-refractivity contribution >= 4 is 29.3 Å². The van der Waals surface area contributed by atoms with E-state index in [1.54, 1.807) is 30.5 Å². The molecule has 0 aliphatic carbocycles. The molecule has 23 heavy (non-hydrogen) atoms. The van der Waals surface area contributed by atoms with Crippen molar-refractivity contribution in [3.05, 3.63) is 83.9 Å². The van der Waals surface area contributed by atoms with Crippen LogP contribution in [0.3, 0.4) is 0 Å². The monoisotopic (exact) mass is 323 g/mol. The van der Waals surface area contributed by atoms with Gasteiger partial charge in [0, 0.05) is 29.7 Å². The average Bonchev–Trinajstić information content (AvgIpc) is 3.10. The largest absolute Gasteiger partial charge is 0.322 e. The van der Waals surface area contributed by atoms with Crippen molar-refractivity contribution in [3.8, 4) is 5.69 Å². The van der Waals surface area contributed by atoms with Crippen LogP contribution in [0.5, 0.6) is 0 Å². The first-order chi connectivity index (χ1) is 11.2. The van der Waals surface area contributed by atoms with Gasteiger partial charge in [0.2, 0.25) is 5.91 Å². The second kappa shape index (κ2) is 6.94. The van der Waals surface area contributed by atoms with Crippen molar-refractivity contribution in [1.82, 2.24) is 9.55 Å². The Morgan fingerprint density at radius 2 is 1.96 bits per heavy atom. The first-order valence-corrected chi connectivity index (χ1v) is 7.43. The number of carbonyl (C=O) groups excluding carboxylic acids is 1. The Kier molecular flexibility index (Phi) is 4.54. The molecule has 4 nitrogen and oxygen atoms in total. The van der Waals surface area contributed by atoms with Gasteiger partial charge in [0.15, 0.2) is 0 Å². The molecule has 2 heterocycles. The molecule has 0 bridgehead atoms. The van der Waals surface area contributed by atoms with Crippen molar-refractivity contribution in [1.29, 1.82) is 0 Å². The SMILES string of the molecule is O=C(/C=C/c1ccccn1)Nc1ccc(Cl)cc1-n1cccc1. The number of halogens is 1. The predicted octanol–water partition coefficient (Wildman–Crippen LogP) is 4.18. The average molecular weight is 324 g/mol. The van der Waals surface area contributed by atoms with Crippen LogP contribution in [0.1, 0.15) is 5.69 Å². The summed E-state index contributed by atoms with van der Waals surface area (Å²) in [5.74, 6) is -0.230. The van der Waals surface area contributed by atoms with E-state index in [0.717, 1.165) is 11.4 Å². The third-order valence-corrected chi connectivity index (χ3v) is 3.43. The van der Waals surface area contributed by atoms with E-state index in [9.17, 15) is 4.79 Å². The van der Waals surface area contributed by atoms with Gasteiger partial charge in [-0.25, -0.2) is 0 Å². The van der Waals surface area contributed by atoms with Gasteiger partial charge in [-0.3, -0.25) is 9.78 Å². The molecule has 0 saturated heterocycles. The van der Waals surface area contributed by atoms with E-state index in [0.29, 0.717) is 10.7 Å². The lowest BCUT2D eigenvalue weighted by Crippen LogP contribution is -2.10. The molecule has 0 aliphatic heterocycles. The van der Waals surface area contributed by atoms with E-state index < -0.39 is 0 Å². The number of aromatic nitrogens is 2. The number of nitrogens with zero attached hydrogens (tertiary/aromatic N) is 2. The van der Waals surface area contributed by atoms with E-state index in [4.69, 9.17) is 11.6 Å². The number of benzene rings is 1. The zero-order valence-corrected chi connectivity index (χ0v) is 12.9. The molecule has 0 unspecified atom stereocenters. The van der Waals surface area contributed by atoms with Crippen LogP contribution in [-0.4, -0.2) is 15.5 Å². The van der Waals surface area contributed by atoms with Crippen LogP contribution in [0.4, 0.5) is 5.69 Å². The van der Waals surface area contributed by atoms with Crippen LogP contribution in [0.15, 0.2) is 73.2 Å². The summed E-state index contributed by atoms with van der Waals surface area (Å²) in [7, 11) is 0. The Balaban J connectivity index is 1.80. The standard InChI is InChI=1S/C18H14ClN3O/c19-14-6-8-16(17(13-14)22-11-3-4-12-22)21-18(23)9-7-15-5-1-2-10-20-15/h1-13H,(H,21,23)/b9-7+. The van der Waals surface area contributed by atoms with Gasteiger partial charge in [0.05, 0.1) is 17.1 Å². The van der Waals surface area contributed by atoms with Crippen LogP contribution in [0.2, 0.25) is 5.02 Å². The van der Waals surface area contributed by atoms with E-state index in [1.165, 1.54) is 6.08 Å². The second-order valence-electron chi connectivity index (χ2n) is 4.83. The minimum atomic E-state index is -0.230. The first kappa shape index (κ1) is 15.1. The fraction of sp³-hybridized carbons (Fsp3) is 0. The molecule has 0 saturated carbocycles. The number of pyridine rings is 1. The molecule has 0 radical (unpaired) electrons. The summed E-state index contributed by atoms with van der Waals surface area (Å²) in [6.07, 6.45) is 8.59. The van der Waals surface area contributed by atoms with Crippen molar-refractivity contribution in [3.63, 3.8) is 0 Å². The molecule has 0 aliphatic rings. The van der Waals surface area contributed by atoms with Crippen molar-refractivity contribution in [2.45, 2.75) is 0 Å². The normalized spacial score (nSPS) is 10.8. The van der Waals surface area contributed by atoms with Gasteiger partial charge in [-0.05, 0) is 48.5 Å². The number of rotatable bonds is 4. The van der Waals surface area contributed by atoms with Crippen molar-refractivity contribution in [2.24, 2.45) is 0 Å². The molecule has 114 valence electrons. The molecule has 0 fully saturated rings. The number of carbonyl (C=O) groups is 1. The molecular weight excluding hydrogens is 310 g/mol. The lowest BCUT2D eigenvalue weighted by molar-refractivity contribution is -0.111. The Bertz CT molecular complexity index is 827. The molecule has 1 N–H and O–H groups in total. The summed E-state index contributed by atoms with van der Waals surface area (Å²) in [6.45, 7) is 0. The van der Waals surface area contributed by atoms with Gasteiger partial charge in [-0.1, -0.05) is 17.7 Å². The highest BCUT2D eigenvalue weighted by molar-refractivity contribution is 6.31. The lowest BCUT2D eigenvalue weighted by atomic mass is 10.2. The maximum Gasteiger partial charge on any atom is 0.248 e. The van der Waals surface area contributed by atoms with Crippen LogP contribution in [0.25, 0.3) is 11.8 Å². The van der Waals surface area contributed by atoms with Crippen LogP contribution in [0, 0.1) is 0 Å². The topological polar surface area (TPSA) is 46.9 Å². The number of hydrogen-bond acceptors (Lipinski definition) is 2. The molecule has 0 spiro atoms.